The first-order valence-electron chi connectivity index (χ1n) is 8.53. The Bertz CT molecular complexity index is 831. The van der Waals surface area contributed by atoms with Crippen LogP contribution in [0.2, 0.25) is 0 Å². The van der Waals surface area contributed by atoms with Gasteiger partial charge in [-0.1, -0.05) is 19.1 Å². The fourth-order valence-corrected chi connectivity index (χ4v) is 2.39. The second-order valence-corrected chi connectivity index (χ2v) is 5.76. The summed E-state index contributed by atoms with van der Waals surface area (Å²) in [6, 6.07) is 18.9. The van der Waals surface area contributed by atoms with Crippen LogP contribution < -0.4 is 15.4 Å². The van der Waals surface area contributed by atoms with Crippen LogP contribution in [0.15, 0.2) is 73.1 Å². The molecule has 0 spiro atoms. The molecule has 0 aliphatic rings. The fraction of sp³-hybridized carbons (Fsp3) is 0.143. The first-order valence-corrected chi connectivity index (χ1v) is 8.53. The first kappa shape index (κ1) is 17.5. The van der Waals surface area contributed by atoms with Gasteiger partial charge in [0.25, 0.3) is 0 Å². The summed E-state index contributed by atoms with van der Waals surface area (Å²) in [5.74, 6) is 1.36. The van der Waals surface area contributed by atoms with Crippen LogP contribution >= 0.6 is 0 Å². The summed E-state index contributed by atoms with van der Waals surface area (Å²) in [7, 11) is 0. The monoisotopic (exact) mass is 347 g/mol. The number of nitrogens with one attached hydrogen (secondary N) is 2. The molecular weight excluding hydrogens is 326 g/mol. The van der Waals surface area contributed by atoms with Crippen molar-refractivity contribution < 1.29 is 9.53 Å². The van der Waals surface area contributed by atoms with Gasteiger partial charge in [0.1, 0.15) is 11.5 Å². The first-order chi connectivity index (χ1) is 12.7. The summed E-state index contributed by atoms with van der Waals surface area (Å²) in [4.78, 5) is 16.0. The number of anilines is 2. The van der Waals surface area contributed by atoms with Crippen molar-refractivity contribution in [3.63, 3.8) is 0 Å². The number of carbonyl (C=O) groups is 1. The molecule has 0 unspecified atom stereocenters. The lowest BCUT2D eigenvalue weighted by Crippen LogP contribution is -2.21. The molecule has 26 heavy (non-hydrogen) atoms. The molecule has 0 atom stereocenters. The Labute approximate surface area is 153 Å². The van der Waals surface area contributed by atoms with Crippen LogP contribution in [-0.4, -0.2) is 17.4 Å². The highest BCUT2D eigenvalue weighted by molar-refractivity contribution is 5.93. The third kappa shape index (κ3) is 5.08. The Morgan fingerprint density at radius 3 is 2.15 bits per heavy atom. The zero-order valence-electron chi connectivity index (χ0n) is 14.6. The van der Waals surface area contributed by atoms with Crippen LogP contribution in [0.4, 0.5) is 11.4 Å². The van der Waals surface area contributed by atoms with E-state index in [1.165, 1.54) is 5.56 Å². The molecule has 0 saturated heterocycles. The van der Waals surface area contributed by atoms with E-state index in [2.05, 4.69) is 22.5 Å². The van der Waals surface area contributed by atoms with Crippen molar-refractivity contribution in [1.29, 1.82) is 0 Å². The van der Waals surface area contributed by atoms with Crippen LogP contribution in [-0.2, 0) is 11.2 Å². The molecule has 2 aromatic carbocycles. The quantitative estimate of drug-likeness (QED) is 0.661. The molecule has 5 nitrogen and oxygen atoms in total. The van der Waals surface area contributed by atoms with Crippen molar-refractivity contribution in [3.05, 3.63) is 78.6 Å². The van der Waals surface area contributed by atoms with E-state index < -0.39 is 0 Å². The van der Waals surface area contributed by atoms with Gasteiger partial charge in [0.15, 0.2) is 0 Å². The molecule has 2 N–H and O–H groups in total. The molecule has 0 aliphatic carbocycles. The minimum atomic E-state index is -0.0913. The van der Waals surface area contributed by atoms with E-state index in [4.69, 9.17) is 4.74 Å². The number of benzene rings is 2. The Morgan fingerprint density at radius 1 is 0.885 bits per heavy atom. The van der Waals surface area contributed by atoms with E-state index in [0.29, 0.717) is 0 Å². The zero-order valence-corrected chi connectivity index (χ0v) is 14.6. The van der Waals surface area contributed by atoms with Crippen molar-refractivity contribution >= 4 is 17.3 Å². The van der Waals surface area contributed by atoms with Gasteiger partial charge in [0.2, 0.25) is 5.91 Å². The largest absolute Gasteiger partial charge is 0.457 e. The lowest BCUT2D eigenvalue weighted by atomic mass is 10.1. The summed E-state index contributed by atoms with van der Waals surface area (Å²) >= 11 is 0. The maximum Gasteiger partial charge on any atom is 0.243 e. The minimum Gasteiger partial charge on any atom is -0.457 e. The summed E-state index contributed by atoms with van der Waals surface area (Å²) < 4.78 is 5.71. The maximum atomic E-state index is 12.0. The molecule has 1 aromatic heterocycles. The van der Waals surface area contributed by atoms with Crippen LogP contribution in [0, 0.1) is 0 Å². The number of amides is 1. The smallest absolute Gasteiger partial charge is 0.243 e. The molecule has 5 heteroatoms. The van der Waals surface area contributed by atoms with E-state index in [-0.39, 0.29) is 12.5 Å². The molecule has 0 radical (unpaired) electrons. The molecule has 132 valence electrons. The predicted molar refractivity (Wildman–Crippen MR) is 104 cm³/mol. The average Bonchev–Trinajstić information content (AvgIpc) is 2.69. The molecule has 3 aromatic rings. The van der Waals surface area contributed by atoms with E-state index in [0.717, 1.165) is 29.3 Å². The zero-order chi connectivity index (χ0) is 18.2. The van der Waals surface area contributed by atoms with Crippen molar-refractivity contribution in [2.75, 3.05) is 17.2 Å². The molecular formula is C21H21N3O2. The number of rotatable bonds is 7. The molecule has 0 fully saturated rings. The van der Waals surface area contributed by atoms with Gasteiger partial charge in [-0.15, -0.1) is 0 Å². The number of ether oxygens (including phenoxy) is 1. The Kier molecular flexibility index (Phi) is 5.83. The summed E-state index contributed by atoms with van der Waals surface area (Å²) in [6.07, 6.45) is 4.34. The molecule has 0 bridgehead atoms. The minimum absolute atomic E-state index is 0.0913. The van der Waals surface area contributed by atoms with E-state index in [1.807, 2.05) is 48.5 Å². The standard InChI is InChI=1S/C21H21N3O2/c1-2-16-3-5-18(6-4-16)24-21(25)15-23-17-7-9-19(10-8-17)26-20-11-13-22-14-12-20/h3-14,23H,2,15H2,1H3,(H,24,25). The third-order valence-electron chi connectivity index (χ3n) is 3.84. The number of aryl methyl sites for hydroxylation is 1. The van der Waals surface area contributed by atoms with Gasteiger partial charge in [-0.2, -0.15) is 0 Å². The van der Waals surface area contributed by atoms with Gasteiger partial charge < -0.3 is 15.4 Å². The fourth-order valence-electron chi connectivity index (χ4n) is 2.39. The van der Waals surface area contributed by atoms with Crippen LogP contribution in [0.3, 0.4) is 0 Å². The average molecular weight is 347 g/mol. The highest BCUT2D eigenvalue weighted by Gasteiger charge is 2.03. The van der Waals surface area contributed by atoms with E-state index in [9.17, 15) is 4.79 Å². The normalized spacial score (nSPS) is 10.2. The van der Waals surface area contributed by atoms with Crippen LogP contribution in [0.25, 0.3) is 0 Å². The van der Waals surface area contributed by atoms with Crippen LogP contribution in [0.1, 0.15) is 12.5 Å². The second kappa shape index (κ2) is 8.67. The molecule has 3 rings (SSSR count). The van der Waals surface area contributed by atoms with Crippen molar-refractivity contribution in [2.24, 2.45) is 0 Å². The summed E-state index contributed by atoms with van der Waals surface area (Å²) in [5.41, 5.74) is 2.90. The maximum absolute atomic E-state index is 12.0. The SMILES string of the molecule is CCc1ccc(NC(=O)CNc2ccc(Oc3ccncc3)cc2)cc1. The molecule has 1 heterocycles. The Balaban J connectivity index is 1.48. The number of carbonyl (C=O) groups excluding carboxylic acids is 1. The number of hydrogen-bond donors (Lipinski definition) is 2. The van der Waals surface area contributed by atoms with Gasteiger partial charge in [0, 0.05) is 23.8 Å². The van der Waals surface area contributed by atoms with Gasteiger partial charge in [-0.25, -0.2) is 0 Å². The van der Waals surface area contributed by atoms with E-state index >= 15 is 0 Å². The number of hydrogen-bond acceptors (Lipinski definition) is 4. The number of aromatic nitrogens is 1. The van der Waals surface area contributed by atoms with Crippen molar-refractivity contribution in [2.45, 2.75) is 13.3 Å². The number of pyridine rings is 1. The van der Waals surface area contributed by atoms with Crippen molar-refractivity contribution in [1.82, 2.24) is 4.98 Å². The van der Waals surface area contributed by atoms with Crippen molar-refractivity contribution in [3.8, 4) is 11.5 Å². The van der Waals surface area contributed by atoms with E-state index in [1.54, 1.807) is 24.5 Å². The van der Waals surface area contributed by atoms with Crippen LogP contribution in [0.5, 0.6) is 11.5 Å². The Hall–Kier alpha value is -3.34. The Morgan fingerprint density at radius 2 is 1.50 bits per heavy atom. The predicted octanol–water partition coefficient (Wildman–Crippen LogP) is 4.49. The highest BCUT2D eigenvalue weighted by atomic mass is 16.5. The van der Waals surface area contributed by atoms with Gasteiger partial charge in [-0.3, -0.25) is 9.78 Å². The highest BCUT2D eigenvalue weighted by Crippen LogP contribution is 2.22. The van der Waals surface area contributed by atoms with Gasteiger partial charge in [-0.05, 0) is 60.5 Å². The second-order valence-electron chi connectivity index (χ2n) is 5.76. The molecule has 1 amide bonds. The number of nitrogens with zero attached hydrogens (tertiary/aromatic N) is 1. The lowest BCUT2D eigenvalue weighted by molar-refractivity contribution is -0.114. The molecule has 0 aliphatic heterocycles. The summed E-state index contributed by atoms with van der Waals surface area (Å²) in [5, 5.41) is 5.98. The summed E-state index contributed by atoms with van der Waals surface area (Å²) in [6.45, 7) is 2.30. The van der Waals surface area contributed by atoms with Gasteiger partial charge in [0.05, 0.1) is 6.54 Å². The molecule has 0 saturated carbocycles. The third-order valence-corrected chi connectivity index (χ3v) is 3.84. The van der Waals surface area contributed by atoms with Gasteiger partial charge >= 0.3 is 0 Å². The lowest BCUT2D eigenvalue weighted by Gasteiger charge is -2.09. The topological polar surface area (TPSA) is 63.2 Å².